The number of imidazole rings is 1. The van der Waals surface area contributed by atoms with E-state index in [2.05, 4.69) is 15.2 Å². The quantitative estimate of drug-likeness (QED) is 0.652. The largest absolute Gasteiger partial charge is 0.453 e. The molecule has 10 heteroatoms. The number of hydrogen-bond acceptors (Lipinski definition) is 5. The summed E-state index contributed by atoms with van der Waals surface area (Å²) < 4.78 is 36.8. The third kappa shape index (κ3) is 4.38. The topological polar surface area (TPSA) is 79.2 Å². The van der Waals surface area contributed by atoms with E-state index in [1.807, 2.05) is 29.7 Å². The number of rotatable bonds is 4. The van der Waals surface area contributed by atoms with E-state index in [1.54, 1.807) is 4.90 Å². The highest BCUT2D eigenvalue weighted by Gasteiger charge is 2.26. The fraction of sp³-hybridized carbons (Fsp3) is 0.348. The van der Waals surface area contributed by atoms with Crippen LogP contribution in [0.3, 0.4) is 0 Å². The monoisotopic (exact) mass is 457 g/mol. The molecule has 0 saturated carbocycles. The molecule has 1 aromatic carbocycles. The minimum atomic E-state index is -0.856. The molecule has 174 valence electrons. The number of aromatic nitrogens is 2. The number of ether oxygens (including phenoxy) is 1. The van der Waals surface area contributed by atoms with E-state index in [0.717, 1.165) is 17.7 Å². The average molecular weight is 457 g/mol. The van der Waals surface area contributed by atoms with Crippen LogP contribution < -0.4 is 5.32 Å². The molecule has 4 rings (SSSR count). The highest BCUT2D eigenvalue weighted by atomic mass is 19.1. The van der Waals surface area contributed by atoms with Crippen LogP contribution in [0.1, 0.15) is 21.6 Å². The number of benzene rings is 1. The number of amides is 2. The van der Waals surface area contributed by atoms with Gasteiger partial charge in [-0.2, -0.15) is 0 Å². The second-order valence-electron chi connectivity index (χ2n) is 7.97. The summed E-state index contributed by atoms with van der Waals surface area (Å²) >= 11 is 0. The molecular weight excluding hydrogens is 432 g/mol. The molecule has 2 aromatic heterocycles. The Balaban J connectivity index is 1.74. The van der Waals surface area contributed by atoms with Crippen molar-refractivity contribution in [1.82, 2.24) is 24.5 Å². The number of nitrogens with zero attached hydrogens (tertiary/aromatic N) is 4. The molecule has 0 radical (unpaired) electrons. The third-order valence-electron chi connectivity index (χ3n) is 5.83. The number of methoxy groups -OCH3 is 1. The smallest absolute Gasteiger partial charge is 0.409 e. The molecule has 3 heterocycles. The summed E-state index contributed by atoms with van der Waals surface area (Å²) in [5.74, 6) is -2.29. The van der Waals surface area contributed by atoms with E-state index in [1.165, 1.54) is 14.2 Å². The molecule has 0 unspecified atom stereocenters. The van der Waals surface area contributed by atoms with Crippen molar-refractivity contribution in [3.05, 3.63) is 58.9 Å². The molecule has 1 aliphatic rings. The molecule has 1 aliphatic heterocycles. The highest BCUT2D eigenvalue weighted by Crippen LogP contribution is 2.31. The molecule has 0 spiro atoms. The second-order valence-corrected chi connectivity index (χ2v) is 7.97. The summed E-state index contributed by atoms with van der Waals surface area (Å²) in [7, 11) is 2.74. The van der Waals surface area contributed by atoms with Crippen molar-refractivity contribution in [3.8, 4) is 11.3 Å². The Morgan fingerprint density at radius 2 is 1.79 bits per heavy atom. The van der Waals surface area contributed by atoms with Crippen molar-refractivity contribution in [2.45, 2.75) is 13.5 Å². The fourth-order valence-corrected chi connectivity index (χ4v) is 4.05. The Labute approximate surface area is 189 Å². The van der Waals surface area contributed by atoms with Crippen molar-refractivity contribution in [2.75, 3.05) is 40.3 Å². The van der Waals surface area contributed by atoms with Gasteiger partial charge in [0.1, 0.15) is 17.3 Å². The normalized spacial score (nSPS) is 14.5. The Morgan fingerprint density at radius 1 is 1.12 bits per heavy atom. The van der Waals surface area contributed by atoms with Crippen LogP contribution in [0.2, 0.25) is 0 Å². The van der Waals surface area contributed by atoms with Crippen LogP contribution in [-0.4, -0.2) is 71.5 Å². The first-order valence-electron chi connectivity index (χ1n) is 10.6. The number of hydrogen-bond donors (Lipinski definition) is 1. The van der Waals surface area contributed by atoms with Gasteiger partial charge >= 0.3 is 6.09 Å². The van der Waals surface area contributed by atoms with Gasteiger partial charge < -0.3 is 19.4 Å². The number of carbonyl (C=O) groups excluding carboxylic acids is 2. The maximum Gasteiger partial charge on any atom is 0.409 e. The molecule has 0 atom stereocenters. The first-order chi connectivity index (χ1) is 15.8. The average Bonchev–Trinajstić information content (AvgIpc) is 3.14. The lowest BCUT2D eigenvalue weighted by Gasteiger charge is -2.33. The molecule has 2 amide bonds. The van der Waals surface area contributed by atoms with Gasteiger partial charge in [0.15, 0.2) is 0 Å². The molecular formula is C23H25F2N5O3. The number of piperazine rings is 1. The first-order valence-corrected chi connectivity index (χ1v) is 10.6. The molecule has 0 bridgehead atoms. The molecule has 1 N–H and O–H groups in total. The van der Waals surface area contributed by atoms with Gasteiger partial charge in [0.25, 0.3) is 5.91 Å². The summed E-state index contributed by atoms with van der Waals surface area (Å²) in [6, 6.07) is 5.78. The van der Waals surface area contributed by atoms with Gasteiger partial charge in [-0.1, -0.05) is 0 Å². The third-order valence-corrected chi connectivity index (χ3v) is 5.83. The van der Waals surface area contributed by atoms with Crippen LogP contribution in [-0.2, 0) is 11.3 Å². The maximum absolute atomic E-state index is 15.1. The van der Waals surface area contributed by atoms with Gasteiger partial charge in [-0.25, -0.2) is 18.6 Å². The van der Waals surface area contributed by atoms with Crippen molar-refractivity contribution in [1.29, 1.82) is 0 Å². The molecule has 3 aromatic rings. The summed E-state index contributed by atoms with van der Waals surface area (Å²) in [6.07, 6.45) is 1.46. The Bertz CT molecular complexity index is 1200. The van der Waals surface area contributed by atoms with E-state index in [9.17, 15) is 9.59 Å². The van der Waals surface area contributed by atoms with Crippen molar-refractivity contribution in [2.24, 2.45) is 0 Å². The standard InChI is InChI=1S/C23H25F2N5O3/c1-14-4-5-30-18(13-28-6-8-29(9-7-28)23(32)33-3)21(27-19(30)10-14)20-16(24)11-15(12-17(20)25)22(31)26-2/h4-5,10-12H,6-9,13H2,1-3H3,(H,26,31). The molecule has 1 saturated heterocycles. The van der Waals surface area contributed by atoms with E-state index in [-0.39, 0.29) is 22.9 Å². The minimum Gasteiger partial charge on any atom is -0.453 e. The molecule has 8 nitrogen and oxygen atoms in total. The van der Waals surface area contributed by atoms with Gasteiger partial charge in [-0.15, -0.1) is 0 Å². The first kappa shape index (κ1) is 22.7. The second kappa shape index (κ2) is 9.14. The van der Waals surface area contributed by atoms with Gasteiger partial charge in [0.05, 0.1) is 24.1 Å². The van der Waals surface area contributed by atoms with E-state index in [0.29, 0.717) is 44.1 Å². The van der Waals surface area contributed by atoms with Crippen molar-refractivity contribution < 1.29 is 23.1 Å². The minimum absolute atomic E-state index is 0.101. The summed E-state index contributed by atoms with van der Waals surface area (Å²) in [5.41, 5.74) is 1.98. The SMILES string of the molecule is CNC(=O)c1cc(F)c(-c2nc3cc(C)ccn3c2CN2CCN(C(=O)OC)CC2)c(F)c1. The predicted octanol–water partition coefficient (Wildman–Crippen LogP) is 2.83. The van der Waals surface area contributed by atoms with E-state index in [4.69, 9.17) is 4.74 Å². The van der Waals surface area contributed by atoms with Gasteiger partial charge in [0, 0.05) is 51.5 Å². The van der Waals surface area contributed by atoms with Crippen LogP contribution in [0.25, 0.3) is 16.9 Å². The molecule has 33 heavy (non-hydrogen) atoms. The van der Waals surface area contributed by atoms with Crippen LogP contribution >= 0.6 is 0 Å². The van der Waals surface area contributed by atoms with Gasteiger partial charge in [0.2, 0.25) is 0 Å². The van der Waals surface area contributed by atoms with E-state index < -0.39 is 17.5 Å². The zero-order chi connectivity index (χ0) is 23.7. The Morgan fingerprint density at radius 3 is 2.39 bits per heavy atom. The number of fused-ring (bicyclic) bond motifs is 1. The Kier molecular flexibility index (Phi) is 6.28. The highest BCUT2D eigenvalue weighted by molar-refractivity contribution is 5.94. The van der Waals surface area contributed by atoms with E-state index >= 15 is 8.78 Å². The van der Waals surface area contributed by atoms with Crippen LogP contribution in [0.5, 0.6) is 0 Å². The lowest BCUT2D eigenvalue weighted by Crippen LogP contribution is -2.48. The van der Waals surface area contributed by atoms with Crippen LogP contribution in [0, 0.1) is 18.6 Å². The lowest BCUT2D eigenvalue weighted by atomic mass is 10.0. The number of aryl methyl sites for hydroxylation is 1. The van der Waals surface area contributed by atoms with Crippen LogP contribution in [0.4, 0.5) is 13.6 Å². The van der Waals surface area contributed by atoms with Crippen molar-refractivity contribution in [3.63, 3.8) is 0 Å². The predicted molar refractivity (Wildman–Crippen MR) is 118 cm³/mol. The zero-order valence-corrected chi connectivity index (χ0v) is 18.7. The number of halogens is 2. The zero-order valence-electron chi connectivity index (χ0n) is 18.7. The fourth-order valence-electron chi connectivity index (χ4n) is 4.05. The van der Waals surface area contributed by atoms with Gasteiger partial charge in [-0.3, -0.25) is 9.69 Å². The number of carbonyl (C=O) groups is 2. The van der Waals surface area contributed by atoms with Crippen LogP contribution in [0.15, 0.2) is 30.5 Å². The maximum atomic E-state index is 15.1. The summed E-state index contributed by atoms with van der Waals surface area (Å²) in [6.45, 7) is 4.43. The molecule has 1 fully saturated rings. The Hall–Kier alpha value is -3.53. The summed E-state index contributed by atoms with van der Waals surface area (Å²) in [5, 5.41) is 2.37. The van der Waals surface area contributed by atoms with Crippen molar-refractivity contribution >= 4 is 17.6 Å². The number of nitrogens with one attached hydrogen (secondary N) is 1. The molecule has 0 aliphatic carbocycles. The van der Waals surface area contributed by atoms with Gasteiger partial charge in [-0.05, 0) is 36.8 Å². The number of pyridine rings is 1. The summed E-state index contributed by atoms with van der Waals surface area (Å²) in [4.78, 5) is 31.9. The lowest BCUT2D eigenvalue weighted by molar-refractivity contribution is 0.0884.